The summed E-state index contributed by atoms with van der Waals surface area (Å²) in [5.74, 6) is 0. The highest BCUT2D eigenvalue weighted by Gasteiger charge is 2.00. The lowest BCUT2D eigenvalue weighted by Crippen LogP contribution is -2.05. The van der Waals surface area contributed by atoms with Gasteiger partial charge in [-0.1, -0.05) is 6.08 Å². The van der Waals surface area contributed by atoms with Gasteiger partial charge in [0.2, 0.25) is 0 Å². The summed E-state index contributed by atoms with van der Waals surface area (Å²) in [6.45, 7) is 5.81. The van der Waals surface area contributed by atoms with Crippen LogP contribution < -0.4 is 0 Å². The summed E-state index contributed by atoms with van der Waals surface area (Å²) in [6, 6.07) is 0. The molecule has 0 aromatic heterocycles. The first kappa shape index (κ1) is 6.49. The van der Waals surface area contributed by atoms with Crippen molar-refractivity contribution in [3.8, 4) is 0 Å². The normalized spacial score (nSPS) is 18.9. The maximum Gasteiger partial charge on any atom is 0.0650 e. The minimum atomic E-state index is 0.755. The Morgan fingerprint density at radius 3 is 3.22 bits per heavy atom. The highest BCUT2D eigenvalue weighted by Crippen LogP contribution is 2.06. The number of nitrogens with zero attached hydrogens (tertiary/aromatic N) is 1. The quantitative estimate of drug-likeness (QED) is 0.399. The SMILES string of the molecule is C=NCC1=CCOCC1. The van der Waals surface area contributed by atoms with Crippen molar-refractivity contribution in [2.45, 2.75) is 6.42 Å². The Morgan fingerprint density at radius 1 is 1.78 bits per heavy atom. The fraction of sp³-hybridized carbons (Fsp3) is 0.571. The van der Waals surface area contributed by atoms with E-state index in [9.17, 15) is 0 Å². The molecule has 0 radical (unpaired) electrons. The molecule has 0 aromatic carbocycles. The Labute approximate surface area is 55.2 Å². The van der Waals surface area contributed by atoms with Crippen LogP contribution in [0.25, 0.3) is 0 Å². The molecule has 0 saturated heterocycles. The van der Waals surface area contributed by atoms with E-state index in [1.807, 2.05) is 0 Å². The Hall–Kier alpha value is -0.630. The smallest absolute Gasteiger partial charge is 0.0650 e. The standard InChI is InChI=1S/C7H11NO/c1-8-6-7-2-4-9-5-3-7/h2H,1,3-6H2. The zero-order valence-corrected chi connectivity index (χ0v) is 5.47. The molecule has 1 aliphatic rings. The van der Waals surface area contributed by atoms with Crippen molar-refractivity contribution in [3.05, 3.63) is 11.6 Å². The average Bonchev–Trinajstić information content (AvgIpc) is 1.91. The van der Waals surface area contributed by atoms with E-state index in [1.54, 1.807) is 0 Å². The molecule has 0 saturated carbocycles. The summed E-state index contributed by atoms with van der Waals surface area (Å²) in [5, 5.41) is 0. The predicted octanol–water partition coefficient (Wildman–Crippen LogP) is 1.03. The first-order valence-electron chi connectivity index (χ1n) is 3.11. The average molecular weight is 125 g/mol. The lowest BCUT2D eigenvalue weighted by molar-refractivity contribution is 0.154. The van der Waals surface area contributed by atoms with E-state index in [1.165, 1.54) is 5.57 Å². The predicted molar refractivity (Wildman–Crippen MR) is 37.9 cm³/mol. The third kappa shape index (κ3) is 1.98. The van der Waals surface area contributed by atoms with Crippen molar-refractivity contribution in [3.63, 3.8) is 0 Å². The summed E-state index contributed by atoms with van der Waals surface area (Å²) >= 11 is 0. The summed E-state index contributed by atoms with van der Waals surface area (Å²) in [7, 11) is 0. The van der Waals surface area contributed by atoms with Crippen molar-refractivity contribution in [1.82, 2.24) is 0 Å². The fourth-order valence-corrected chi connectivity index (χ4v) is 0.853. The van der Waals surface area contributed by atoms with Gasteiger partial charge in [0.15, 0.2) is 0 Å². The second-order valence-electron chi connectivity index (χ2n) is 2.07. The minimum absolute atomic E-state index is 0.755. The van der Waals surface area contributed by atoms with E-state index in [4.69, 9.17) is 4.74 Å². The van der Waals surface area contributed by atoms with Gasteiger partial charge in [-0.2, -0.15) is 0 Å². The molecule has 1 aliphatic heterocycles. The van der Waals surface area contributed by atoms with Crippen LogP contribution in [0.4, 0.5) is 0 Å². The van der Waals surface area contributed by atoms with Crippen LogP contribution in [0.1, 0.15) is 6.42 Å². The molecule has 0 N–H and O–H groups in total. The monoisotopic (exact) mass is 125 g/mol. The molecule has 0 bridgehead atoms. The summed E-state index contributed by atoms with van der Waals surface area (Å²) in [4.78, 5) is 3.79. The van der Waals surface area contributed by atoms with Crippen LogP contribution in [0.2, 0.25) is 0 Å². The van der Waals surface area contributed by atoms with Crippen molar-refractivity contribution < 1.29 is 4.74 Å². The molecular weight excluding hydrogens is 114 g/mol. The van der Waals surface area contributed by atoms with Gasteiger partial charge in [-0.3, -0.25) is 4.99 Å². The van der Waals surface area contributed by atoms with E-state index < -0.39 is 0 Å². The highest BCUT2D eigenvalue weighted by atomic mass is 16.5. The number of aliphatic imine (C=N–C) groups is 1. The molecule has 2 heteroatoms. The van der Waals surface area contributed by atoms with Gasteiger partial charge in [0.1, 0.15) is 0 Å². The van der Waals surface area contributed by atoms with Crippen LogP contribution in [0.15, 0.2) is 16.6 Å². The Morgan fingerprint density at radius 2 is 2.67 bits per heavy atom. The summed E-state index contributed by atoms with van der Waals surface area (Å²) in [6.07, 6.45) is 3.11. The molecule has 2 nitrogen and oxygen atoms in total. The number of rotatable bonds is 2. The first-order chi connectivity index (χ1) is 4.43. The van der Waals surface area contributed by atoms with Crippen LogP contribution in [0.3, 0.4) is 0 Å². The molecule has 9 heavy (non-hydrogen) atoms. The molecular formula is C7H11NO. The summed E-state index contributed by atoms with van der Waals surface area (Å²) < 4.78 is 5.11. The second-order valence-corrected chi connectivity index (χ2v) is 2.07. The van der Waals surface area contributed by atoms with Crippen LogP contribution >= 0.6 is 0 Å². The summed E-state index contributed by atoms with van der Waals surface area (Å²) in [5.41, 5.74) is 1.36. The number of hydrogen-bond donors (Lipinski definition) is 0. The molecule has 0 spiro atoms. The lowest BCUT2D eigenvalue weighted by atomic mass is 10.1. The van der Waals surface area contributed by atoms with Gasteiger partial charge < -0.3 is 4.74 Å². The van der Waals surface area contributed by atoms with Gasteiger partial charge in [-0.15, -0.1) is 0 Å². The Kier molecular flexibility index (Phi) is 2.46. The van der Waals surface area contributed by atoms with Gasteiger partial charge in [0.25, 0.3) is 0 Å². The molecule has 1 heterocycles. The van der Waals surface area contributed by atoms with E-state index in [2.05, 4.69) is 17.8 Å². The zero-order valence-electron chi connectivity index (χ0n) is 5.47. The van der Waals surface area contributed by atoms with Crippen molar-refractivity contribution in [2.75, 3.05) is 19.8 Å². The third-order valence-electron chi connectivity index (χ3n) is 1.37. The van der Waals surface area contributed by atoms with E-state index in [-0.39, 0.29) is 0 Å². The van der Waals surface area contributed by atoms with Gasteiger partial charge in [-0.05, 0) is 18.7 Å². The van der Waals surface area contributed by atoms with Gasteiger partial charge in [-0.25, -0.2) is 0 Å². The highest BCUT2D eigenvalue weighted by molar-refractivity contribution is 5.25. The number of hydrogen-bond acceptors (Lipinski definition) is 2. The molecule has 1 rings (SSSR count). The number of ether oxygens (including phenoxy) is 1. The molecule has 50 valence electrons. The third-order valence-corrected chi connectivity index (χ3v) is 1.37. The van der Waals surface area contributed by atoms with Crippen molar-refractivity contribution >= 4 is 6.72 Å². The fourth-order valence-electron chi connectivity index (χ4n) is 0.853. The van der Waals surface area contributed by atoms with Crippen LogP contribution in [0.5, 0.6) is 0 Å². The van der Waals surface area contributed by atoms with Crippen molar-refractivity contribution in [1.29, 1.82) is 0 Å². The maximum absolute atomic E-state index is 5.11. The van der Waals surface area contributed by atoms with Crippen LogP contribution in [-0.2, 0) is 4.74 Å². The largest absolute Gasteiger partial charge is 0.377 e. The van der Waals surface area contributed by atoms with Gasteiger partial charge in [0, 0.05) is 0 Å². The second kappa shape index (κ2) is 3.41. The molecule has 0 amide bonds. The van der Waals surface area contributed by atoms with Gasteiger partial charge in [0.05, 0.1) is 19.8 Å². The zero-order chi connectivity index (χ0) is 6.53. The Balaban J connectivity index is 2.36. The van der Waals surface area contributed by atoms with Crippen LogP contribution in [0, 0.1) is 0 Å². The first-order valence-corrected chi connectivity index (χ1v) is 3.11. The topological polar surface area (TPSA) is 21.6 Å². The van der Waals surface area contributed by atoms with Crippen LogP contribution in [-0.4, -0.2) is 26.5 Å². The maximum atomic E-state index is 5.11. The minimum Gasteiger partial charge on any atom is -0.377 e. The molecule has 0 atom stereocenters. The molecule has 0 unspecified atom stereocenters. The van der Waals surface area contributed by atoms with E-state index >= 15 is 0 Å². The van der Waals surface area contributed by atoms with Gasteiger partial charge >= 0.3 is 0 Å². The van der Waals surface area contributed by atoms with Crippen molar-refractivity contribution in [2.24, 2.45) is 4.99 Å². The van der Waals surface area contributed by atoms with E-state index in [0.717, 1.165) is 26.2 Å². The lowest BCUT2D eigenvalue weighted by Gasteiger charge is -2.10. The molecule has 0 fully saturated rings. The Bertz CT molecular complexity index is 129. The molecule has 0 aliphatic carbocycles. The van der Waals surface area contributed by atoms with E-state index in [0.29, 0.717) is 0 Å². The molecule has 0 aromatic rings.